The monoisotopic (exact) mass is 254 g/mol. The minimum absolute atomic E-state index is 0.460. The third-order valence-electron chi connectivity index (χ3n) is 1.83. The zero-order valence-corrected chi connectivity index (χ0v) is 10.8. The van der Waals surface area contributed by atoms with Crippen molar-refractivity contribution in [1.29, 1.82) is 0 Å². The molecule has 0 aliphatic rings. The molecule has 0 heterocycles. The van der Waals surface area contributed by atoms with Crippen LogP contribution in [0.15, 0.2) is 24.3 Å². The van der Waals surface area contributed by atoms with Gasteiger partial charge in [0, 0.05) is 12.7 Å². The number of aryl methyl sites for hydroxylation is 1. The van der Waals surface area contributed by atoms with Gasteiger partial charge in [-0.2, -0.15) is 0 Å². The highest BCUT2D eigenvalue weighted by Crippen LogP contribution is 2.07. The summed E-state index contributed by atoms with van der Waals surface area (Å²) >= 11 is 9.95. The van der Waals surface area contributed by atoms with Crippen molar-refractivity contribution < 1.29 is 0 Å². The summed E-state index contributed by atoms with van der Waals surface area (Å²) in [5, 5.41) is 6.72. The van der Waals surface area contributed by atoms with E-state index in [2.05, 4.69) is 21.5 Å². The van der Waals surface area contributed by atoms with Crippen molar-refractivity contribution in [2.45, 2.75) is 6.92 Å². The quantitative estimate of drug-likeness (QED) is 0.447. The van der Waals surface area contributed by atoms with Crippen LogP contribution in [0, 0.1) is 6.92 Å². The van der Waals surface area contributed by atoms with Gasteiger partial charge < -0.3 is 10.6 Å². The highest BCUT2D eigenvalue weighted by molar-refractivity contribution is 7.80. The van der Waals surface area contributed by atoms with Gasteiger partial charge in [0.15, 0.2) is 10.2 Å². The molecule has 0 saturated heterocycles. The van der Waals surface area contributed by atoms with E-state index in [-0.39, 0.29) is 0 Å². The molecule has 0 aromatic heterocycles. The van der Waals surface area contributed by atoms with E-state index < -0.39 is 0 Å². The van der Waals surface area contributed by atoms with Gasteiger partial charge in [-0.1, -0.05) is 17.7 Å². The Labute approximate surface area is 106 Å². The standard InChI is InChI=1S/C10H14N4S2/c1-7-3-5-8(6-4-7)12-10(16)14-13-9(15)11-2/h3-6H,1-2H3,(H2,11,13,15)(H2,12,14,16). The second-order valence-electron chi connectivity index (χ2n) is 3.15. The summed E-state index contributed by atoms with van der Waals surface area (Å²) in [6.07, 6.45) is 0. The molecule has 0 bridgehead atoms. The minimum atomic E-state index is 0.460. The van der Waals surface area contributed by atoms with E-state index in [4.69, 9.17) is 24.4 Å². The van der Waals surface area contributed by atoms with Gasteiger partial charge >= 0.3 is 0 Å². The fraction of sp³-hybridized carbons (Fsp3) is 0.200. The molecule has 4 nitrogen and oxygen atoms in total. The highest BCUT2D eigenvalue weighted by Gasteiger charge is 1.97. The Kier molecular flexibility index (Phi) is 4.94. The van der Waals surface area contributed by atoms with E-state index >= 15 is 0 Å². The smallest absolute Gasteiger partial charge is 0.189 e. The number of rotatable bonds is 1. The fourth-order valence-electron chi connectivity index (χ4n) is 0.975. The molecule has 6 heteroatoms. The Morgan fingerprint density at radius 2 is 1.56 bits per heavy atom. The SMILES string of the molecule is CNC(=S)NNC(=S)Nc1ccc(C)cc1. The van der Waals surface area contributed by atoms with Gasteiger partial charge in [0.2, 0.25) is 0 Å². The molecule has 0 atom stereocenters. The van der Waals surface area contributed by atoms with Gasteiger partial charge in [-0.05, 0) is 43.5 Å². The first kappa shape index (κ1) is 12.7. The Morgan fingerprint density at radius 1 is 1.00 bits per heavy atom. The van der Waals surface area contributed by atoms with Crippen LogP contribution in [0.5, 0.6) is 0 Å². The molecule has 86 valence electrons. The summed E-state index contributed by atoms with van der Waals surface area (Å²) in [5.41, 5.74) is 7.63. The Balaban J connectivity index is 2.40. The van der Waals surface area contributed by atoms with Gasteiger partial charge in [0.25, 0.3) is 0 Å². The lowest BCUT2D eigenvalue weighted by Crippen LogP contribution is -2.47. The first-order valence-electron chi connectivity index (χ1n) is 4.73. The highest BCUT2D eigenvalue weighted by atomic mass is 32.1. The predicted octanol–water partition coefficient (Wildman–Crippen LogP) is 1.29. The second kappa shape index (κ2) is 6.24. The van der Waals surface area contributed by atoms with Crippen molar-refractivity contribution >= 4 is 40.3 Å². The zero-order valence-electron chi connectivity index (χ0n) is 9.13. The lowest BCUT2D eigenvalue weighted by Gasteiger charge is -2.12. The molecule has 0 unspecified atom stereocenters. The minimum Gasteiger partial charge on any atom is -0.364 e. The molecule has 1 rings (SSSR count). The molecule has 0 aliphatic carbocycles. The molecule has 4 N–H and O–H groups in total. The number of hydrazine groups is 1. The van der Waals surface area contributed by atoms with Gasteiger partial charge in [0.1, 0.15) is 0 Å². The van der Waals surface area contributed by atoms with E-state index in [0.29, 0.717) is 10.2 Å². The number of thiocarbonyl (C=S) groups is 2. The maximum atomic E-state index is 5.06. The third kappa shape index (κ3) is 4.41. The number of benzene rings is 1. The predicted molar refractivity (Wildman–Crippen MR) is 75.3 cm³/mol. The van der Waals surface area contributed by atoms with E-state index in [9.17, 15) is 0 Å². The van der Waals surface area contributed by atoms with Crippen molar-refractivity contribution in [2.75, 3.05) is 12.4 Å². The van der Waals surface area contributed by atoms with Crippen molar-refractivity contribution in [1.82, 2.24) is 16.2 Å². The summed E-state index contributed by atoms with van der Waals surface area (Å²) in [5.74, 6) is 0. The van der Waals surface area contributed by atoms with Crippen LogP contribution in [0.25, 0.3) is 0 Å². The molecule has 0 fully saturated rings. The molecule has 0 radical (unpaired) electrons. The summed E-state index contributed by atoms with van der Waals surface area (Å²) in [6.45, 7) is 2.03. The van der Waals surface area contributed by atoms with Crippen LogP contribution < -0.4 is 21.5 Å². The lowest BCUT2D eigenvalue weighted by atomic mass is 10.2. The van der Waals surface area contributed by atoms with Crippen LogP contribution in [0.3, 0.4) is 0 Å². The maximum absolute atomic E-state index is 5.06. The summed E-state index contributed by atoms with van der Waals surface area (Å²) in [6, 6.07) is 7.94. The van der Waals surface area contributed by atoms with Crippen molar-refractivity contribution in [2.24, 2.45) is 0 Å². The summed E-state index contributed by atoms with van der Waals surface area (Å²) < 4.78 is 0. The van der Waals surface area contributed by atoms with Gasteiger partial charge in [0.05, 0.1) is 0 Å². The number of hydrogen-bond donors (Lipinski definition) is 4. The molecule has 0 saturated carbocycles. The van der Waals surface area contributed by atoms with Crippen LogP contribution >= 0.6 is 24.4 Å². The molecule has 1 aromatic carbocycles. The molecule has 16 heavy (non-hydrogen) atoms. The Morgan fingerprint density at radius 3 is 2.12 bits per heavy atom. The first-order valence-corrected chi connectivity index (χ1v) is 5.55. The molecular formula is C10H14N4S2. The largest absolute Gasteiger partial charge is 0.364 e. The van der Waals surface area contributed by atoms with Gasteiger partial charge in [-0.25, -0.2) is 0 Å². The number of nitrogens with one attached hydrogen (secondary N) is 4. The Bertz CT molecular complexity index is 375. The molecule has 0 amide bonds. The van der Waals surface area contributed by atoms with Crippen LogP contribution in [0.4, 0.5) is 5.69 Å². The number of anilines is 1. The normalized spacial score (nSPS) is 9.12. The van der Waals surface area contributed by atoms with E-state index in [0.717, 1.165) is 5.69 Å². The van der Waals surface area contributed by atoms with Crippen molar-refractivity contribution in [3.63, 3.8) is 0 Å². The van der Waals surface area contributed by atoms with Crippen LogP contribution in [0.2, 0.25) is 0 Å². The van der Waals surface area contributed by atoms with E-state index in [1.54, 1.807) is 7.05 Å². The fourth-order valence-corrected chi connectivity index (χ4v) is 1.20. The van der Waals surface area contributed by atoms with Crippen LogP contribution in [-0.2, 0) is 0 Å². The maximum Gasteiger partial charge on any atom is 0.189 e. The second-order valence-corrected chi connectivity index (χ2v) is 3.97. The van der Waals surface area contributed by atoms with E-state index in [1.165, 1.54) is 5.56 Å². The van der Waals surface area contributed by atoms with E-state index in [1.807, 2.05) is 31.2 Å². The molecule has 1 aromatic rings. The third-order valence-corrected chi connectivity index (χ3v) is 2.34. The topological polar surface area (TPSA) is 48.1 Å². The zero-order chi connectivity index (χ0) is 12.0. The summed E-state index contributed by atoms with van der Waals surface area (Å²) in [4.78, 5) is 0. The number of hydrogen-bond acceptors (Lipinski definition) is 2. The van der Waals surface area contributed by atoms with Crippen molar-refractivity contribution in [3.05, 3.63) is 29.8 Å². The van der Waals surface area contributed by atoms with Gasteiger partial charge in [-0.15, -0.1) is 0 Å². The summed E-state index contributed by atoms with van der Waals surface area (Å²) in [7, 11) is 1.73. The first-order chi connectivity index (χ1) is 7.61. The molecular weight excluding hydrogens is 240 g/mol. The van der Waals surface area contributed by atoms with Gasteiger partial charge in [-0.3, -0.25) is 10.9 Å². The van der Waals surface area contributed by atoms with Crippen LogP contribution in [0.1, 0.15) is 5.56 Å². The Hall–Kier alpha value is -1.40. The lowest BCUT2D eigenvalue weighted by molar-refractivity contribution is 0.853. The average Bonchev–Trinajstić information content (AvgIpc) is 2.29. The van der Waals surface area contributed by atoms with Crippen LogP contribution in [-0.4, -0.2) is 17.3 Å². The van der Waals surface area contributed by atoms with Crippen molar-refractivity contribution in [3.8, 4) is 0 Å². The average molecular weight is 254 g/mol. The molecule has 0 spiro atoms. The molecule has 0 aliphatic heterocycles.